The van der Waals surface area contributed by atoms with Gasteiger partial charge in [-0.1, -0.05) is 0 Å². The quantitative estimate of drug-likeness (QED) is 0.778. The summed E-state index contributed by atoms with van der Waals surface area (Å²) in [4.78, 5) is 2.39. The Kier molecular flexibility index (Phi) is 3.27. The molecule has 0 amide bonds. The molecule has 1 saturated heterocycles. The molecule has 0 unspecified atom stereocenters. The molecule has 7 heteroatoms. The van der Waals surface area contributed by atoms with E-state index in [1.54, 1.807) is 0 Å². The molecule has 0 spiro atoms. The van der Waals surface area contributed by atoms with E-state index in [0.29, 0.717) is 13.1 Å². The Hall–Kier alpha value is -0.920. The van der Waals surface area contributed by atoms with Crippen molar-refractivity contribution < 1.29 is 8.42 Å². The van der Waals surface area contributed by atoms with Gasteiger partial charge in [0.2, 0.25) is 10.0 Å². The molecular formula is C9H16N4O2S. The molecule has 0 aliphatic carbocycles. The highest BCUT2D eigenvalue weighted by molar-refractivity contribution is 7.89. The second-order valence-corrected chi connectivity index (χ2v) is 5.93. The smallest absolute Gasteiger partial charge is 0.246 e. The molecule has 6 nitrogen and oxygen atoms in total. The Labute approximate surface area is 95.3 Å². The molecule has 1 fully saturated rings. The first-order chi connectivity index (χ1) is 7.60. The fraction of sp³-hybridized carbons (Fsp3) is 0.667. The van der Waals surface area contributed by atoms with Gasteiger partial charge >= 0.3 is 0 Å². The van der Waals surface area contributed by atoms with E-state index in [9.17, 15) is 8.42 Å². The summed E-state index contributed by atoms with van der Waals surface area (Å²) in [7, 11) is -1.34. The number of aromatic amines is 1. The fourth-order valence-corrected chi connectivity index (χ4v) is 3.17. The number of hydrogen-bond acceptors (Lipinski definition) is 4. The molecule has 1 N–H and O–H groups in total. The molecule has 0 aromatic carbocycles. The first kappa shape index (κ1) is 11.6. The second-order valence-electron chi connectivity index (χ2n) is 3.99. The van der Waals surface area contributed by atoms with Gasteiger partial charge in [-0.25, -0.2) is 8.42 Å². The maximum atomic E-state index is 12.2. The Morgan fingerprint density at radius 1 is 1.31 bits per heavy atom. The van der Waals surface area contributed by atoms with E-state index in [1.165, 1.54) is 16.7 Å². The largest absolute Gasteiger partial charge is 0.305 e. The van der Waals surface area contributed by atoms with Crippen LogP contribution in [0, 0.1) is 0 Å². The van der Waals surface area contributed by atoms with E-state index in [0.717, 1.165) is 19.5 Å². The number of nitrogens with one attached hydrogen (secondary N) is 1. The minimum absolute atomic E-state index is 0.247. The third-order valence-corrected chi connectivity index (χ3v) is 4.65. The number of rotatable bonds is 2. The number of likely N-dealkylation sites (N-methyl/N-ethyl adjacent to an activating group) is 1. The number of H-pyrrole nitrogens is 1. The summed E-state index contributed by atoms with van der Waals surface area (Å²) >= 11 is 0. The Balaban J connectivity index is 2.18. The maximum Gasteiger partial charge on any atom is 0.246 e. The molecule has 0 bridgehead atoms. The van der Waals surface area contributed by atoms with Crippen molar-refractivity contribution in [3.8, 4) is 0 Å². The molecule has 2 heterocycles. The van der Waals surface area contributed by atoms with Crippen LogP contribution in [-0.4, -0.2) is 61.0 Å². The van der Waals surface area contributed by atoms with Gasteiger partial charge in [-0.2, -0.15) is 9.40 Å². The van der Waals surface area contributed by atoms with Crippen LogP contribution in [-0.2, 0) is 10.0 Å². The molecule has 1 aliphatic rings. The van der Waals surface area contributed by atoms with Crippen LogP contribution in [0.4, 0.5) is 0 Å². The lowest BCUT2D eigenvalue weighted by atomic mass is 10.4. The number of hydrogen-bond donors (Lipinski definition) is 1. The molecule has 1 aromatic rings. The van der Waals surface area contributed by atoms with Crippen molar-refractivity contribution in [1.82, 2.24) is 19.4 Å². The molecule has 16 heavy (non-hydrogen) atoms. The van der Waals surface area contributed by atoms with Gasteiger partial charge in [-0.3, -0.25) is 5.10 Å². The van der Waals surface area contributed by atoms with Crippen LogP contribution in [0.5, 0.6) is 0 Å². The predicted octanol–water partition coefficient (Wildman–Crippen LogP) is -0.264. The SMILES string of the molecule is CN1CCCN(S(=O)(=O)c2cn[nH]c2)CC1. The van der Waals surface area contributed by atoms with E-state index < -0.39 is 10.0 Å². The number of aromatic nitrogens is 2. The first-order valence-corrected chi connectivity index (χ1v) is 6.72. The van der Waals surface area contributed by atoms with Crippen LogP contribution in [0.2, 0.25) is 0 Å². The zero-order valence-electron chi connectivity index (χ0n) is 9.26. The lowest BCUT2D eigenvalue weighted by molar-refractivity contribution is 0.347. The summed E-state index contributed by atoms with van der Waals surface area (Å²) in [6, 6.07) is 0. The van der Waals surface area contributed by atoms with Gasteiger partial charge in [0, 0.05) is 25.8 Å². The van der Waals surface area contributed by atoms with Crippen LogP contribution in [0.15, 0.2) is 17.3 Å². The third-order valence-electron chi connectivity index (χ3n) is 2.79. The van der Waals surface area contributed by atoms with Crippen molar-refractivity contribution in [1.29, 1.82) is 0 Å². The van der Waals surface area contributed by atoms with Crippen molar-refractivity contribution in [3.05, 3.63) is 12.4 Å². The lowest BCUT2D eigenvalue weighted by Crippen LogP contribution is -2.34. The molecule has 2 rings (SSSR count). The maximum absolute atomic E-state index is 12.2. The third kappa shape index (κ3) is 2.26. The summed E-state index contributed by atoms with van der Waals surface area (Å²) in [6.07, 6.45) is 3.64. The van der Waals surface area contributed by atoms with Gasteiger partial charge in [-0.05, 0) is 20.0 Å². The lowest BCUT2D eigenvalue weighted by Gasteiger charge is -2.18. The molecule has 1 aliphatic heterocycles. The summed E-state index contributed by atoms with van der Waals surface area (Å²) in [6.45, 7) is 2.84. The minimum atomic E-state index is -3.35. The van der Waals surface area contributed by atoms with Crippen LogP contribution >= 0.6 is 0 Å². The van der Waals surface area contributed by atoms with Crippen molar-refractivity contribution in [2.45, 2.75) is 11.3 Å². The van der Waals surface area contributed by atoms with Crippen LogP contribution in [0.25, 0.3) is 0 Å². The van der Waals surface area contributed by atoms with Crippen LogP contribution in [0.1, 0.15) is 6.42 Å². The first-order valence-electron chi connectivity index (χ1n) is 5.28. The topological polar surface area (TPSA) is 69.3 Å². The van der Waals surface area contributed by atoms with Crippen molar-refractivity contribution >= 4 is 10.0 Å². The van der Waals surface area contributed by atoms with Gasteiger partial charge < -0.3 is 4.90 Å². The average Bonchev–Trinajstić information content (AvgIpc) is 2.68. The number of sulfonamides is 1. The van der Waals surface area contributed by atoms with E-state index >= 15 is 0 Å². The van der Waals surface area contributed by atoms with Gasteiger partial charge in [0.15, 0.2) is 0 Å². The zero-order valence-corrected chi connectivity index (χ0v) is 10.1. The standard InChI is InChI=1S/C9H16N4O2S/c1-12-3-2-4-13(6-5-12)16(14,15)9-7-10-11-8-9/h7-8H,2-6H2,1H3,(H,10,11). The zero-order chi connectivity index (χ0) is 11.6. The summed E-state index contributed by atoms with van der Waals surface area (Å²) in [5.74, 6) is 0. The number of nitrogens with zero attached hydrogens (tertiary/aromatic N) is 3. The van der Waals surface area contributed by atoms with Crippen LogP contribution in [0.3, 0.4) is 0 Å². The second kappa shape index (κ2) is 4.52. The van der Waals surface area contributed by atoms with Gasteiger partial charge in [-0.15, -0.1) is 0 Å². The molecular weight excluding hydrogens is 228 g/mol. The van der Waals surface area contributed by atoms with Gasteiger partial charge in [0.25, 0.3) is 0 Å². The Morgan fingerprint density at radius 3 is 2.81 bits per heavy atom. The molecule has 0 radical (unpaired) electrons. The van der Waals surface area contributed by atoms with Crippen LogP contribution < -0.4 is 0 Å². The van der Waals surface area contributed by atoms with E-state index in [4.69, 9.17) is 0 Å². The highest BCUT2D eigenvalue weighted by Gasteiger charge is 2.26. The normalized spacial score (nSPS) is 20.8. The van der Waals surface area contributed by atoms with E-state index in [-0.39, 0.29) is 4.90 Å². The Bertz CT molecular complexity index is 428. The molecule has 0 saturated carbocycles. The molecule has 1 aromatic heterocycles. The summed E-state index contributed by atoms with van der Waals surface area (Å²) < 4.78 is 25.8. The summed E-state index contributed by atoms with van der Waals surface area (Å²) in [5, 5.41) is 6.21. The highest BCUT2D eigenvalue weighted by Crippen LogP contribution is 2.15. The average molecular weight is 244 g/mol. The highest BCUT2D eigenvalue weighted by atomic mass is 32.2. The van der Waals surface area contributed by atoms with Crippen molar-refractivity contribution in [2.75, 3.05) is 33.2 Å². The molecule has 90 valence electrons. The van der Waals surface area contributed by atoms with E-state index in [1.807, 2.05) is 7.05 Å². The van der Waals surface area contributed by atoms with E-state index in [2.05, 4.69) is 15.1 Å². The minimum Gasteiger partial charge on any atom is -0.305 e. The van der Waals surface area contributed by atoms with Crippen molar-refractivity contribution in [3.63, 3.8) is 0 Å². The van der Waals surface area contributed by atoms with Gasteiger partial charge in [0.05, 0.1) is 6.20 Å². The summed E-state index contributed by atoms with van der Waals surface area (Å²) in [5.41, 5.74) is 0. The predicted molar refractivity (Wildman–Crippen MR) is 59.5 cm³/mol. The van der Waals surface area contributed by atoms with Crippen molar-refractivity contribution in [2.24, 2.45) is 0 Å². The monoisotopic (exact) mass is 244 g/mol. The van der Waals surface area contributed by atoms with Gasteiger partial charge in [0.1, 0.15) is 4.90 Å². The molecule has 0 atom stereocenters. The Morgan fingerprint density at radius 2 is 2.12 bits per heavy atom. The fourth-order valence-electron chi connectivity index (χ4n) is 1.79.